The highest BCUT2D eigenvalue weighted by Crippen LogP contribution is 2.31. The zero-order chi connectivity index (χ0) is 20.3. The van der Waals surface area contributed by atoms with E-state index in [1.165, 1.54) is 11.3 Å². The minimum absolute atomic E-state index is 0.0700. The van der Waals surface area contributed by atoms with Crippen LogP contribution >= 0.6 is 34.5 Å². The van der Waals surface area contributed by atoms with Gasteiger partial charge in [0, 0.05) is 10.9 Å². The van der Waals surface area contributed by atoms with Gasteiger partial charge in [0.1, 0.15) is 4.90 Å². The van der Waals surface area contributed by atoms with Gasteiger partial charge in [0.2, 0.25) is 10.0 Å². The molecule has 28 heavy (non-hydrogen) atoms. The molecule has 11 heteroatoms. The molecule has 1 aliphatic carbocycles. The van der Waals surface area contributed by atoms with Crippen LogP contribution in [-0.4, -0.2) is 32.9 Å². The molecule has 1 fully saturated rings. The normalized spacial score (nSPS) is 13.9. The maximum atomic E-state index is 12.4. The molecule has 0 bridgehead atoms. The minimum atomic E-state index is -3.89. The van der Waals surface area contributed by atoms with Gasteiger partial charge in [-0.25, -0.2) is 17.9 Å². The molecule has 1 aromatic carbocycles. The summed E-state index contributed by atoms with van der Waals surface area (Å²) in [4.78, 5) is 24.8. The zero-order valence-electron chi connectivity index (χ0n) is 14.4. The fourth-order valence-corrected chi connectivity index (χ4v) is 5.03. The molecule has 0 saturated heterocycles. The molecule has 3 rings (SSSR count). The Bertz CT molecular complexity index is 989. The molecule has 0 unspecified atom stereocenters. The van der Waals surface area contributed by atoms with Gasteiger partial charge in [-0.2, -0.15) is 0 Å². The van der Waals surface area contributed by atoms with Crippen molar-refractivity contribution in [3.8, 4) is 0 Å². The maximum absolute atomic E-state index is 12.4. The number of esters is 1. The second-order valence-corrected chi connectivity index (χ2v) is 9.62. The molecule has 7 nitrogen and oxygen atoms in total. The van der Waals surface area contributed by atoms with Gasteiger partial charge in [-0.1, -0.05) is 29.3 Å². The number of hydrogen-bond donors (Lipinski definition) is 2. The molecule has 1 aromatic heterocycles. The lowest BCUT2D eigenvalue weighted by Crippen LogP contribution is -2.28. The summed E-state index contributed by atoms with van der Waals surface area (Å²) in [6.07, 6.45) is 1.50. The van der Waals surface area contributed by atoms with Crippen molar-refractivity contribution in [2.45, 2.75) is 30.3 Å². The summed E-state index contributed by atoms with van der Waals surface area (Å²) in [6, 6.07) is 5.82. The average Bonchev–Trinajstić information content (AvgIpc) is 3.27. The largest absolute Gasteiger partial charge is 0.452 e. The number of carbonyl (C=O) groups excluding carboxylic acids is 2. The molecule has 1 saturated carbocycles. The van der Waals surface area contributed by atoms with Crippen LogP contribution in [0.4, 0.5) is 0 Å². The summed E-state index contributed by atoms with van der Waals surface area (Å²) in [5.74, 6) is -1.41. The Morgan fingerprint density at radius 3 is 2.61 bits per heavy atom. The number of nitrogens with one attached hydrogen (secondary N) is 2. The number of ether oxygens (including phenoxy) is 1. The van der Waals surface area contributed by atoms with Crippen molar-refractivity contribution in [1.29, 1.82) is 0 Å². The fourth-order valence-electron chi connectivity index (χ4n) is 2.23. The van der Waals surface area contributed by atoms with Gasteiger partial charge in [0.05, 0.1) is 22.2 Å². The molecule has 2 N–H and O–H groups in total. The Morgan fingerprint density at radius 2 is 1.96 bits per heavy atom. The van der Waals surface area contributed by atoms with E-state index in [0.29, 0.717) is 6.54 Å². The third-order valence-electron chi connectivity index (χ3n) is 3.80. The molecule has 2 aromatic rings. The zero-order valence-corrected chi connectivity index (χ0v) is 17.6. The first-order chi connectivity index (χ1) is 13.3. The highest BCUT2D eigenvalue weighted by atomic mass is 35.5. The van der Waals surface area contributed by atoms with Crippen molar-refractivity contribution in [2.75, 3.05) is 6.61 Å². The topological polar surface area (TPSA) is 102 Å². The van der Waals surface area contributed by atoms with E-state index in [0.717, 1.165) is 29.9 Å². The van der Waals surface area contributed by atoms with E-state index in [1.807, 2.05) is 17.5 Å². The molecule has 0 aliphatic heterocycles. The van der Waals surface area contributed by atoms with Crippen molar-refractivity contribution in [2.24, 2.45) is 0 Å². The van der Waals surface area contributed by atoms with Gasteiger partial charge in [-0.3, -0.25) is 4.79 Å². The molecule has 0 atom stereocenters. The number of halogens is 2. The molecule has 0 radical (unpaired) electrons. The first kappa shape index (κ1) is 21.1. The van der Waals surface area contributed by atoms with Gasteiger partial charge < -0.3 is 10.1 Å². The number of hydrogen-bond acceptors (Lipinski definition) is 6. The minimum Gasteiger partial charge on any atom is -0.452 e. The molecule has 150 valence electrons. The highest BCUT2D eigenvalue weighted by Gasteiger charge is 2.30. The van der Waals surface area contributed by atoms with E-state index >= 15 is 0 Å². The molecule has 0 spiro atoms. The fraction of sp³-hybridized carbons (Fsp3) is 0.294. The number of rotatable bonds is 8. The van der Waals surface area contributed by atoms with Crippen molar-refractivity contribution >= 4 is 56.4 Å². The number of amides is 1. The lowest BCUT2D eigenvalue weighted by atomic mass is 10.2. The van der Waals surface area contributed by atoms with Crippen LogP contribution in [0.5, 0.6) is 0 Å². The van der Waals surface area contributed by atoms with Gasteiger partial charge in [-0.05, 0) is 36.4 Å². The van der Waals surface area contributed by atoms with Crippen molar-refractivity contribution in [1.82, 2.24) is 10.0 Å². The van der Waals surface area contributed by atoms with Crippen LogP contribution in [0.2, 0.25) is 10.0 Å². The Kier molecular flexibility index (Phi) is 6.61. The summed E-state index contributed by atoms with van der Waals surface area (Å²) < 4.78 is 32.2. The maximum Gasteiger partial charge on any atom is 0.340 e. The predicted octanol–water partition coefficient (Wildman–Crippen LogP) is 2.97. The number of carbonyl (C=O) groups is 2. The smallest absolute Gasteiger partial charge is 0.340 e. The van der Waals surface area contributed by atoms with Crippen molar-refractivity contribution in [3.05, 3.63) is 50.1 Å². The second-order valence-electron chi connectivity index (χ2n) is 6.09. The molecular formula is C17H16Cl2N2O5S2. The predicted molar refractivity (Wildman–Crippen MR) is 106 cm³/mol. The van der Waals surface area contributed by atoms with Crippen molar-refractivity contribution < 1.29 is 22.7 Å². The number of benzene rings is 1. The SMILES string of the molecule is O=C(COC(=O)c1cc(S(=O)(=O)NC2CC2)c(Cl)cc1Cl)NCc1cccs1. The van der Waals surface area contributed by atoms with Crippen LogP contribution in [0.25, 0.3) is 0 Å². The van der Waals surface area contributed by atoms with Crippen LogP contribution in [0.1, 0.15) is 28.1 Å². The third-order valence-corrected chi connectivity index (χ3v) is 6.98. The summed E-state index contributed by atoms with van der Waals surface area (Å²) >= 11 is 13.5. The first-order valence-electron chi connectivity index (χ1n) is 8.24. The lowest BCUT2D eigenvalue weighted by Gasteiger charge is -2.11. The van der Waals surface area contributed by atoms with E-state index in [2.05, 4.69) is 10.0 Å². The quantitative estimate of drug-likeness (QED) is 0.587. The van der Waals surface area contributed by atoms with E-state index < -0.39 is 28.5 Å². The third kappa shape index (κ3) is 5.45. The van der Waals surface area contributed by atoms with Gasteiger partial charge in [-0.15, -0.1) is 11.3 Å². The van der Waals surface area contributed by atoms with E-state index in [9.17, 15) is 18.0 Å². The molecule has 1 amide bonds. The van der Waals surface area contributed by atoms with Gasteiger partial charge in [0.15, 0.2) is 6.61 Å². The Balaban J connectivity index is 1.65. The Labute approximate surface area is 176 Å². The monoisotopic (exact) mass is 462 g/mol. The molecule has 1 aliphatic rings. The van der Waals surface area contributed by atoms with Crippen LogP contribution in [0, 0.1) is 0 Å². The van der Waals surface area contributed by atoms with Crippen LogP contribution < -0.4 is 10.0 Å². The average molecular weight is 463 g/mol. The van der Waals surface area contributed by atoms with Crippen molar-refractivity contribution in [3.63, 3.8) is 0 Å². The van der Waals surface area contributed by atoms with Crippen LogP contribution in [0.15, 0.2) is 34.5 Å². The van der Waals surface area contributed by atoms with Crippen LogP contribution in [0.3, 0.4) is 0 Å². The summed E-state index contributed by atoms with van der Waals surface area (Å²) in [5, 5.41) is 4.32. The van der Waals surface area contributed by atoms with Gasteiger partial charge in [0.25, 0.3) is 5.91 Å². The van der Waals surface area contributed by atoms with E-state index in [4.69, 9.17) is 27.9 Å². The summed E-state index contributed by atoms with van der Waals surface area (Å²) in [6.45, 7) is -0.198. The summed E-state index contributed by atoms with van der Waals surface area (Å²) in [7, 11) is -3.89. The number of thiophene rings is 1. The standard InChI is InChI=1S/C17H16Cl2N2O5S2/c18-13-7-14(19)15(28(24,25)21-10-3-4-10)6-12(13)17(23)26-9-16(22)20-8-11-2-1-5-27-11/h1-2,5-7,10,21H,3-4,8-9H2,(H,20,22). The second kappa shape index (κ2) is 8.79. The van der Waals surface area contributed by atoms with E-state index in [-0.39, 0.29) is 26.5 Å². The Hall–Kier alpha value is -1.65. The molecular weight excluding hydrogens is 447 g/mol. The highest BCUT2D eigenvalue weighted by molar-refractivity contribution is 7.89. The Morgan fingerprint density at radius 1 is 1.21 bits per heavy atom. The number of sulfonamides is 1. The summed E-state index contributed by atoms with van der Waals surface area (Å²) in [5.41, 5.74) is -0.187. The molecule has 1 heterocycles. The van der Waals surface area contributed by atoms with Crippen LogP contribution in [-0.2, 0) is 26.1 Å². The van der Waals surface area contributed by atoms with E-state index in [1.54, 1.807) is 0 Å². The lowest BCUT2D eigenvalue weighted by molar-refractivity contribution is -0.124. The van der Waals surface area contributed by atoms with Gasteiger partial charge >= 0.3 is 5.97 Å². The first-order valence-corrected chi connectivity index (χ1v) is 11.4.